The molecule has 176 valence electrons. The fourth-order valence-electron chi connectivity index (χ4n) is 3.43. The summed E-state index contributed by atoms with van der Waals surface area (Å²) in [6, 6.07) is 2.84. The van der Waals surface area contributed by atoms with Crippen molar-refractivity contribution in [3.05, 3.63) is 29.8 Å². The van der Waals surface area contributed by atoms with Crippen LogP contribution >= 0.6 is 0 Å². The summed E-state index contributed by atoms with van der Waals surface area (Å²) in [5.41, 5.74) is 0.713. The molecule has 6 N–H and O–H groups in total. The van der Waals surface area contributed by atoms with Gasteiger partial charge in [-0.3, -0.25) is 14.4 Å². The van der Waals surface area contributed by atoms with Crippen molar-refractivity contribution in [2.75, 3.05) is 6.54 Å². The van der Waals surface area contributed by atoms with Crippen LogP contribution in [0.1, 0.15) is 39.2 Å². The molecule has 0 aromatic heterocycles. The molecule has 1 aromatic carbocycles. The second kappa shape index (κ2) is 11.5. The summed E-state index contributed by atoms with van der Waals surface area (Å²) in [5.74, 6) is -2.91. The van der Waals surface area contributed by atoms with E-state index in [2.05, 4.69) is 21.3 Å². The van der Waals surface area contributed by atoms with E-state index in [1.807, 2.05) is 0 Å². The number of benzene rings is 1. The average molecular weight is 449 g/mol. The first kappa shape index (κ1) is 25.1. The number of nitrogens with one attached hydrogen (secondary N) is 4. The quantitative estimate of drug-likeness (QED) is 0.292. The number of rotatable bonds is 10. The van der Waals surface area contributed by atoms with Crippen molar-refractivity contribution < 1.29 is 29.4 Å². The van der Waals surface area contributed by atoms with E-state index in [1.165, 1.54) is 19.1 Å². The Balaban J connectivity index is 2.07. The fraction of sp³-hybridized carbons (Fsp3) is 0.545. The first-order chi connectivity index (χ1) is 15.1. The third-order valence-corrected chi connectivity index (χ3v) is 5.37. The minimum Gasteiger partial charge on any atom is -0.508 e. The molecule has 10 heteroatoms. The van der Waals surface area contributed by atoms with Crippen molar-refractivity contribution in [2.24, 2.45) is 5.92 Å². The summed E-state index contributed by atoms with van der Waals surface area (Å²) in [5, 5.41) is 29.5. The maximum atomic E-state index is 12.9. The second-order valence-electron chi connectivity index (χ2n) is 8.38. The molecule has 1 saturated heterocycles. The topological polar surface area (TPSA) is 157 Å². The fourth-order valence-corrected chi connectivity index (χ4v) is 3.43. The van der Waals surface area contributed by atoms with Crippen molar-refractivity contribution in [2.45, 2.75) is 64.2 Å². The van der Waals surface area contributed by atoms with Gasteiger partial charge in [0, 0.05) is 6.42 Å². The Morgan fingerprint density at radius 3 is 2.22 bits per heavy atom. The zero-order valence-corrected chi connectivity index (χ0v) is 18.6. The van der Waals surface area contributed by atoms with Crippen LogP contribution in [0.3, 0.4) is 0 Å². The predicted octanol–water partition coefficient (Wildman–Crippen LogP) is -0.0984. The maximum Gasteiger partial charge on any atom is 0.326 e. The monoisotopic (exact) mass is 448 g/mol. The Kier molecular flexibility index (Phi) is 9.01. The Hall–Kier alpha value is -3.14. The lowest BCUT2D eigenvalue weighted by Crippen LogP contribution is -2.57. The summed E-state index contributed by atoms with van der Waals surface area (Å²) >= 11 is 0. The highest BCUT2D eigenvalue weighted by atomic mass is 16.4. The summed E-state index contributed by atoms with van der Waals surface area (Å²) in [6.07, 6.45) is 1.69. The Labute approximate surface area is 187 Å². The van der Waals surface area contributed by atoms with Crippen LogP contribution in [0.25, 0.3) is 0 Å². The van der Waals surface area contributed by atoms with Crippen LogP contribution in [0, 0.1) is 5.92 Å². The summed E-state index contributed by atoms with van der Waals surface area (Å²) < 4.78 is 0. The van der Waals surface area contributed by atoms with Gasteiger partial charge in [-0.1, -0.05) is 26.0 Å². The van der Waals surface area contributed by atoms with Gasteiger partial charge in [0.25, 0.3) is 0 Å². The minimum absolute atomic E-state index is 0.0809. The molecule has 1 heterocycles. The van der Waals surface area contributed by atoms with Gasteiger partial charge in [0.05, 0.1) is 6.04 Å². The Bertz CT molecular complexity index is 820. The standard InChI is InChI=1S/C22H32N4O6/c1-12(2)18(22(31)32)26-19(28)13(3)24-21(30)17(11-14-6-8-15(27)9-7-14)25-20(29)16-5-4-10-23-16/h6-9,12-13,16-18,23,27H,4-5,10-11H2,1-3H3,(H,24,30)(H,25,29)(H,26,28)(H,31,32). The highest BCUT2D eigenvalue weighted by molar-refractivity contribution is 5.94. The molecule has 2 rings (SSSR count). The molecule has 32 heavy (non-hydrogen) atoms. The molecule has 3 amide bonds. The van der Waals surface area contributed by atoms with Crippen LogP contribution in [0.2, 0.25) is 0 Å². The van der Waals surface area contributed by atoms with E-state index in [-0.39, 0.29) is 30.0 Å². The number of carboxylic acid groups (broad SMARTS) is 1. The van der Waals surface area contributed by atoms with E-state index in [0.29, 0.717) is 12.0 Å². The number of phenols is 1. The second-order valence-corrected chi connectivity index (χ2v) is 8.38. The number of amides is 3. The molecule has 1 fully saturated rings. The first-order valence-corrected chi connectivity index (χ1v) is 10.7. The first-order valence-electron chi connectivity index (χ1n) is 10.7. The van der Waals surface area contributed by atoms with Gasteiger partial charge in [-0.2, -0.15) is 0 Å². The molecule has 1 aliphatic heterocycles. The lowest BCUT2D eigenvalue weighted by Gasteiger charge is -2.24. The van der Waals surface area contributed by atoms with E-state index >= 15 is 0 Å². The van der Waals surface area contributed by atoms with Crippen LogP contribution in [-0.4, -0.2) is 64.6 Å². The maximum absolute atomic E-state index is 12.9. The van der Waals surface area contributed by atoms with Gasteiger partial charge in [-0.05, 0) is 49.9 Å². The van der Waals surface area contributed by atoms with Crippen LogP contribution in [0.15, 0.2) is 24.3 Å². The van der Waals surface area contributed by atoms with E-state index in [1.54, 1.807) is 26.0 Å². The van der Waals surface area contributed by atoms with Crippen LogP contribution in [-0.2, 0) is 25.6 Å². The molecule has 0 bridgehead atoms. The highest BCUT2D eigenvalue weighted by Crippen LogP contribution is 2.12. The molecule has 10 nitrogen and oxygen atoms in total. The third kappa shape index (κ3) is 7.23. The molecule has 0 radical (unpaired) electrons. The largest absolute Gasteiger partial charge is 0.508 e. The van der Waals surface area contributed by atoms with Gasteiger partial charge < -0.3 is 31.5 Å². The number of carboxylic acids is 1. The molecule has 1 aliphatic rings. The Morgan fingerprint density at radius 1 is 1.03 bits per heavy atom. The lowest BCUT2D eigenvalue weighted by molar-refractivity contribution is -0.143. The van der Waals surface area contributed by atoms with Gasteiger partial charge in [0.1, 0.15) is 23.9 Å². The van der Waals surface area contributed by atoms with Crippen molar-refractivity contribution in [3.8, 4) is 5.75 Å². The smallest absolute Gasteiger partial charge is 0.326 e. The van der Waals surface area contributed by atoms with E-state index in [0.717, 1.165) is 13.0 Å². The molecule has 0 aliphatic carbocycles. The molecule has 0 spiro atoms. The van der Waals surface area contributed by atoms with Gasteiger partial charge in [0.2, 0.25) is 17.7 Å². The van der Waals surface area contributed by atoms with Gasteiger partial charge >= 0.3 is 5.97 Å². The minimum atomic E-state index is -1.16. The van der Waals surface area contributed by atoms with Crippen molar-refractivity contribution in [3.63, 3.8) is 0 Å². The van der Waals surface area contributed by atoms with Gasteiger partial charge in [0.15, 0.2) is 0 Å². The SMILES string of the molecule is CC(NC(=O)C(Cc1ccc(O)cc1)NC(=O)C1CCCN1)C(=O)NC(C(=O)O)C(C)C. The zero-order chi connectivity index (χ0) is 23.8. The molecule has 4 unspecified atom stereocenters. The molecule has 0 saturated carbocycles. The van der Waals surface area contributed by atoms with E-state index < -0.39 is 35.9 Å². The van der Waals surface area contributed by atoms with Crippen molar-refractivity contribution >= 4 is 23.7 Å². The summed E-state index contributed by atoms with van der Waals surface area (Å²) in [4.78, 5) is 49.3. The highest BCUT2D eigenvalue weighted by Gasteiger charge is 2.30. The normalized spacial score (nSPS) is 18.4. The number of hydrogen-bond donors (Lipinski definition) is 6. The third-order valence-electron chi connectivity index (χ3n) is 5.37. The molecule has 1 aromatic rings. The van der Waals surface area contributed by atoms with E-state index in [4.69, 9.17) is 0 Å². The molecular formula is C22H32N4O6. The Morgan fingerprint density at radius 2 is 1.69 bits per heavy atom. The van der Waals surface area contributed by atoms with Crippen LogP contribution in [0.5, 0.6) is 5.75 Å². The number of aliphatic carboxylic acids is 1. The zero-order valence-electron chi connectivity index (χ0n) is 18.6. The number of carbonyl (C=O) groups excluding carboxylic acids is 3. The van der Waals surface area contributed by atoms with Gasteiger partial charge in [-0.15, -0.1) is 0 Å². The lowest BCUT2D eigenvalue weighted by atomic mass is 10.0. The van der Waals surface area contributed by atoms with Crippen molar-refractivity contribution in [1.29, 1.82) is 0 Å². The van der Waals surface area contributed by atoms with E-state index in [9.17, 15) is 29.4 Å². The number of phenolic OH excluding ortho intramolecular Hbond substituents is 1. The molecule has 4 atom stereocenters. The van der Waals surface area contributed by atoms with Crippen molar-refractivity contribution in [1.82, 2.24) is 21.3 Å². The number of carbonyl (C=O) groups is 4. The molecular weight excluding hydrogens is 416 g/mol. The summed E-state index contributed by atoms with van der Waals surface area (Å²) in [7, 11) is 0. The van der Waals surface area contributed by atoms with Crippen LogP contribution in [0.4, 0.5) is 0 Å². The number of aromatic hydroxyl groups is 1. The summed E-state index contributed by atoms with van der Waals surface area (Å²) in [6.45, 7) is 5.51. The van der Waals surface area contributed by atoms with Crippen LogP contribution < -0.4 is 21.3 Å². The number of hydrogen-bond acceptors (Lipinski definition) is 6. The predicted molar refractivity (Wildman–Crippen MR) is 117 cm³/mol. The average Bonchev–Trinajstić information content (AvgIpc) is 3.27. The van der Waals surface area contributed by atoms with Gasteiger partial charge in [-0.25, -0.2) is 4.79 Å².